The molecule has 0 aliphatic rings. The quantitative estimate of drug-likeness (QED) is 0.360. The van der Waals surface area contributed by atoms with Crippen LogP contribution in [0, 0.1) is 28.1 Å². The van der Waals surface area contributed by atoms with E-state index in [4.69, 9.17) is 16.1 Å². The fourth-order valence-corrected chi connectivity index (χ4v) is 0.757. The number of nitrogens with zero attached hydrogens (tertiary/aromatic N) is 5. The Bertz CT molecular complexity index is 249. The van der Waals surface area contributed by atoms with Crippen molar-refractivity contribution in [1.82, 2.24) is 0 Å². The summed E-state index contributed by atoms with van der Waals surface area (Å²) in [5, 5.41) is 20.6. The van der Waals surface area contributed by atoms with Crippen LogP contribution in [0.5, 0.6) is 0 Å². The summed E-state index contributed by atoms with van der Waals surface area (Å²) in [4.78, 5) is 2.55. The standard InChI is InChI=1S/C7H9N5/c1-2-7(5-8,6-9)3-4-11-12-10/h2-4H2,1H3. The zero-order chi connectivity index (χ0) is 9.45. The first-order valence-electron chi connectivity index (χ1n) is 3.58. The highest BCUT2D eigenvalue weighted by Gasteiger charge is 2.26. The molecule has 0 radical (unpaired) electrons. The van der Waals surface area contributed by atoms with Gasteiger partial charge in [0, 0.05) is 11.5 Å². The topological polar surface area (TPSA) is 96.3 Å². The average Bonchev–Trinajstić information content (AvgIpc) is 2.14. The van der Waals surface area contributed by atoms with Gasteiger partial charge in [0.05, 0.1) is 12.1 Å². The minimum Gasteiger partial charge on any atom is -0.197 e. The van der Waals surface area contributed by atoms with Gasteiger partial charge >= 0.3 is 0 Å². The number of hydrogen-bond donors (Lipinski definition) is 0. The van der Waals surface area contributed by atoms with Crippen molar-refractivity contribution in [1.29, 1.82) is 10.5 Å². The van der Waals surface area contributed by atoms with E-state index in [1.807, 2.05) is 12.1 Å². The molecule has 0 rings (SSSR count). The average molecular weight is 163 g/mol. The molecule has 0 aliphatic heterocycles. The molecule has 0 saturated heterocycles. The SMILES string of the molecule is CCC(C#N)(C#N)CCN=[N+]=[N-]. The molecular weight excluding hydrogens is 154 g/mol. The summed E-state index contributed by atoms with van der Waals surface area (Å²) in [6, 6.07) is 3.86. The van der Waals surface area contributed by atoms with E-state index in [1.54, 1.807) is 6.92 Å². The normalized spacial score (nSPS) is 9.25. The third-order valence-corrected chi connectivity index (χ3v) is 1.73. The summed E-state index contributed by atoms with van der Waals surface area (Å²) in [5.41, 5.74) is 7.00. The van der Waals surface area contributed by atoms with Crippen LogP contribution in [0.4, 0.5) is 0 Å². The lowest BCUT2D eigenvalue weighted by atomic mass is 9.85. The Morgan fingerprint density at radius 3 is 2.42 bits per heavy atom. The minimum atomic E-state index is -0.978. The molecule has 5 heteroatoms. The Labute approximate surface area is 70.8 Å². The van der Waals surface area contributed by atoms with Crippen LogP contribution < -0.4 is 0 Å². The van der Waals surface area contributed by atoms with Gasteiger partial charge in [0.15, 0.2) is 0 Å². The third kappa shape index (κ3) is 2.49. The smallest absolute Gasteiger partial charge is 0.143 e. The van der Waals surface area contributed by atoms with E-state index in [9.17, 15) is 0 Å². The molecule has 0 saturated carbocycles. The molecule has 0 aromatic rings. The molecule has 0 bridgehead atoms. The number of azide groups is 1. The van der Waals surface area contributed by atoms with Gasteiger partial charge in [-0.2, -0.15) is 10.5 Å². The summed E-state index contributed by atoms with van der Waals surface area (Å²) >= 11 is 0. The molecule has 0 amide bonds. The second-order valence-corrected chi connectivity index (χ2v) is 2.36. The predicted molar refractivity (Wildman–Crippen MR) is 42.6 cm³/mol. The van der Waals surface area contributed by atoms with Gasteiger partial charge in [-0.1, -0.05) is 12.0 Å². The second-order valence-electron chi connectivity index (χ2n) is 2.36. The van der Waals surface area contributed by atoms with Crippen molar-refractivity contribution < 1.29 is 0 Å². The van der Waals surface area contributed by atoms with Gasteiger partial charge in [-0.05, 0) is 18.4 Å². The highest BCUT2D eigenvalue weighted by Crippen LogP contribution is 2.23. The summed E-state index contributed by atoms with van der Waals surface area (Å²) < 4.78 is 0. The van der Waals surface area contributed by atoms with Crippen LogP contribution in [-0.2, 0) is 0 Å². The van der Waals surface area contributed by atoms with Gasteiger partial charge in [0.25, 0.3) is 0 Å². The molecule has 0 aromatic heterocycles. The molecule has 5 nitrogen and oxygen atoms in total. The van der Waals surface area contributed by atoms with Crippen molar-refractivity contribution in [2.45, 2.75) is 19.8 Å². The fourth-order valence-electron chi connectivity index (χ4n) is 0.757. The zero-order valence-electron chi connectivity index (χ0n) is 6.86. The highest BCUT2D eigenvalue weighted by atomic mass is 15.1. The van der Waals surface area contributed by atoms with E-state index in [-0.39, 0.29) is 6.54 Å². The fraction of sp³-hybridized carbons (Fsp3) is 0.714. The van der Waals surface area contributed by atoms with Crippen LogP contribution in [0.3, 0.4) is 0 Å². The zero-order valence-corrected chi connectivity index (χ0v) is 6.86. The summed E-state index contributed by atoms with van der Waals surface area (Å²) in [5.74, 6) is 0. The molecule has 0 unspecified atom stereocenters. The molecular formula is C7H9N5. The summed E-state index contributed by atoms with van der Waals surface area (Å²) in [6.45, 7) is 1.97. The van der Waals surface area contributed by atoms with Crippen LogP contribution in [0.2, 0.25) is 0 Å². The molecule has 0 aromatic carbocycles. The molecule has 0 fully saturated rings. The first-order chi connectivity index (χ1) is 5.74. The van der Waals surface area contributed by atoms with Gasteiger partial charge in [-0.15, -0.1) is 0 Å². The lowest BCUT2D eigenvalue weighted by molar-refractivity contribution is 0.467. The summed E-state index contributed by atoms with van der Waals surface area (Å²) in [7, 11) is 0. The van der Waals surface area contributed by atoms with E-state index in [1.165, 1.54) is 0 Å². The maximum absolute atomic E-state index is 8.67. The lowest BCUT2D eigenvalue weighted by Crippen LogP contribution is -2.15. The third-order valence-electron chi connectivity index (χ3n) is 1.73. The largest absolute Gasteiger partial charge is 0.197 e. The van der Waals surface area contributed by atoms with Crippen LogP contribution >= 0.6 is 0 Å². The van der Waals surface area contributed by atoms with Crippen molar-refractivity contribution >= 4 is 0 Å². The van der Waals surface area contributed by atoms with Crippen molar-refractivity contribution in [3.05, 3.63) is 10.4 Å². The van der Waals surface area contributed by atoms with Gasteiger partial charge in [-0.25, -0.2) is 0 Å². The molecule has 62 valence electrons. The molecule has 0 atom stereocenters. The molecule has 0 heterocycles. The predicted octanol–water partition coefficient (Wildman–Crippen LogP) is 2.13. The van der Waals surface area contributed by atoms with E-state index >= 15 is 0 Å². The van der Waals surface area contributed by atoms with Crippen molar-refractivity contribution in [3.8, 4) is 12.1 Å². The number of rotatable bonds is 4. The van der Waals surface area contributed by atoms with Gasteiger partial charge in [0.2, 0.25) is 0 Å². The molecule has 0 spiro atoms. The van der Waals surface area contributed by atoms with Gasteiger partial charge < -0.3 is 0 Å². The Balaban J connectivity index is 4.26. The maximum atomic E-state index is 8.67. The van der Waals surface area contributed by atoms with E-state index in [0.717, 1.165) is 0 Å². The van der Waals surface area contributed by atoms with Crippen LogP contribution in [-0.4, -0.2) is 6.54 Å². The van der Waals surface area contributed by atoms with Crippen LogP contribution in [0.15, 0.2) is 5.11 Å². The minimum absolute atomic E-state index is 0.200. The molecule has 12 heavy (non-hydrogen) atoms. The van der Waals surface area contributed by atoms with Crippen LogP contribution in [0.25, 0.3) is 10.4 Å². The first kappa shape index (κ1) is 10.3. The van der Waals surface area contributed by atoms with Crippen LogP contribution in [0.1, 0.15) is 19.8 Å². The number of nitriles is 2. The van der Waals surface area contributed by atoms with Gasteiger partial charge in [-0.3, -0.25) is 0 Å². The van der Waals surface area contributed by atoms with Crippen molar-refractivity contribution in [2.24, 2.45) is 10.5 Å². The second kappa shape index (κ2) is 5.01. The number of hydrogen-bond acceptors (Lipinski definition) is 3. The Morgan fingerprint density at radius 1 is 1.50 bits per heavy atom. The monoisotopic (exact) mass is 163 g/mol. The van der Waals surface area contributed by atoms with Crippen molar-refractivity contribution in [3.63, 3.8) is 0 Å². The maximum Gasteiger partial charge on any atom is 0.143 e. The summed E-state index contributed by atoms with van der Waals surface area (Å²) in [6.07, 6.45) is 0.765. The molecule has 0 N–H and O–H groups in total. The Hall–Kier alpha value is -1.71. The van der Waals surface area contributed by atoms with E-state index < -0.39 is 5.41 Å². The molecule has 0 aliphatic carbocycles. The Kier molecular flexibility index (Phi) is 4.30. The van der Waals surface area contributed by atoms with E-state index in [0.29, 0.717) is 12.8 Å². The lowest BCUT2D eigenvalue weighted by Gasteiger charge is -2.13. The van der Waals surface area contributed by atoms with Crippen molar-refractivity contribution in [2.75, 3.05) is 6.54 Å². The highest BCUT2D eigenvalue weighted by molar-refractivity contribution is 5.12. The first-order valence-corrected chi connectivity index (χ1v) is 3.58. The van der Waals surface area contributed by atoms with E-state index in [2.05, 4.69) is 10.0 Å². The van der Waals surface area contributed by atoms with Gasteiger partial charge in [0.1, 0.15) is 5.41 Å². The Morgan fingerprint density at radius 2 is 2.08 bits per heavy atom.